The van der Waals surface area contributed by atoms with E-state index in [9.17, 15) is 22.8 Å². The molecule has 1 atom stereocenters. The summed E-state index contributed by atoms with van der Waals surface area (Å²) in [6.07, 6.45) is -4.43. The molecule has 4 nitrogen and oxygen atoms in total. The standard InChI is InChI=1S/C19H17F3N2O2/c1-12-5-3-4-6-15(12)18(2)16(25)24(17(26)23-18)11-13-7-9-14(10-8-13)19(20,21)22/h3-10H,11H2,1-2H3,(H,23,26). The van der Waals surface area contributed by atoms with Gasteiger partial charge in [0.2, 0.25) is 0 Å². The minimum absolute atomic E-state index is 0.0930. The van der Waals surface area contributed by atoms with Crippen LogP contribution in [-0.2, 0) is 23.1 Å². The molecule has 1 aliphatic heterocycles. The van der Waals surface area contributed by atoms with Gasteiger partial charge in [0.1, 0.15) is 5.54 Å². The molecule has 1 aliphatic rings. The van der Waals surface area contributed by atoms with E-state index in [0.29, 0.717) is 11.1 Å². The van der Waals surface area contributed by atoms with Gasteiger partial charge in [-0.2, -0.15) is 13.2 Å². The number of hydrogen-bond acceptors (Lipinski definition) is 2. The number of halogens is 3. The Balaban J connectivity index is 1.85. The summed E-state index contributed by atoms with van der Waals surface area (Å²) in [5.41, 5.74) is 0.0148. The average molecular weight is 362 g/mol. The van der Waals surface area contributed by atoms with Crippen molar-refractivity contribution in [2.75, 3.05) is 0 Å². The zero-order valence-corrected chi connectivity index (χ0v) is 14.2. The van der Waals surface area contributed by atoms with Crippen molar-refractivity contribution in [3.8, 4) is 0 Å². The molecular weight excluding hydrogens is 345 g/mol. The van der Waals surface area contributed by atoms with Crippen LogP contribution in [0.25, 0.3) is 0 Å². The van der Waals surface area contributed by atoms with Crippen LogP contribution >= 0.6 is 0 Å². The van der Waals surface area contributed by atoms with E-state index < -0.39 is 29.2 Å². The highest BCUT2D eigenvalue weighted by atomic mass is 19.4. The lowest BCUT2D eigenvalue weighted by Gasteiger charge is -2.24. The Kier molecular flexibility index (Phi) is 4.26. The summed E-state index contributed by atoms with van der Waals surface area (Å²) < 4.78 is 37.9. The summed E-state index contributed by atoms with van der Waals surface area (Å²) in [4.78, 5) is 26.2. The summed E-state index contributed by atoms with van der Waals surface area (Å²) in [7, 11) is 0. The molecule has 1 saturated heterocycles. The SMILES string of the molecule is Cc1ccccc1C1(C)NC(=O)N(Cc2ccc(C(F)(F)F)cc2)C1=O. The van der Waals surface area contributed by atoms with Crippen LogP contribution in [0.3, 0.4) is 0 Å². The first-order valence-electron chi connectivity index (χ1n) is 7.99. The highest BCUT2D eigenvalue weighted by Gasteiger charge is 2.49. The molecule has 0 spiro atoms. The van der Waals surface area contributed by atoms with Crippen LogP contribution in [0.2, 0.25) is 0 Å². The fraction of sp³-hybridized carbons (Fsp3) is 0.263. The van der Waals surface area contributed by atoms with Gasteiger partial charge in [0.25, 0.3) is 5.91 Å². The van der Waals surface area contributed by atoms with E-state index >= 15 is 0 Å². The first-order chi connectivity index (χ1) is 12.1. The van der Waals surface area contributed by atoms with Crippen LogP contribution in [0.5, 0.6) is 0 Å². The summed E-state index contributed by atoms with van der Waals surface area (Å²) in [6, 6.07) is 11.1. The van der Waals surface area contributed by atoms with Crippen molar-refractivity contribution in [1.82, 2.24) is 10.2 Å². The van der Waals surface area contributed by atoms with Gasteiger partial charge < -0.3 is 5.32 Å². The first kappa shape index (κ1) is 18.0. The van der Waals surface area contributed by atoms with E-state index in [1.807, 2.05) is 19.1 Å². The van der Waals surface area contributed by atoms with Crippen molar-refractivity contribution in [3.05, 3.63) is 70.8 Å². The van der Waals surface area contributed by atoms with E-state index in [1.54, 1.807) is 19.1 Å². The minimum Gasteiger partial charge on any atom is -0.319 e. The maximum atomic E-state index is 12.9. The van der Waals surface area contributed by atoms with Crippen molar-refractivity contribution in [2.45, 2.75) is 32.1 Å². The van der Waals surface area contributed by atoms with Gasteiger partial charge in [-0.1, -0.05) is 36.4 Å². The fourth-order valence-electron chi connectivity index (χ4n) is 3.14. The van der Waals surface area contributed by atoms with Gasteiger partial charge in [-0.25, -0.2) is 4.79 Å². The number of benzene rings is 2. The number of carbonyl (C=O) groups excluding carboxylic acids is 2. The fourth-order valence-corrected chi connectivity index (χ4v) is 3.14. The molecular formula is C19H17F3N2O2. The largest absolute Gasteiger partial charge is 0.416 e. The molecule has 26 heavy (non-hydrogen) atoms. The third-order valence-electron chi connectivity index (χ3n) is 4.58. The Hall–Kier alpha value is -2.83. The van der Waals surface area contributed by atoms with Crippen molar-refractivity contribution in [3.63, 3.8) is 0 Å². The predicted octanol–water partition coefficient (Wildman–Crippen LogP) is 3.98. The van der Waals surface area contributed by atoms with E-state index in [1.165, 1.54) is 12.1 Å². The van der Waals surface area contributed by atoms with E-state index in [0.717, 1.165) is 22.6 Å². The van der Waals surface area contributed by atoms with Crippen LogP contribution in [0.1, 0.15) is 29.2 Å². The number of alkyl halides is 3. The number of nitrogens with zero attached hydrogens (tertiary/aromatic N) is 1. The van der Waals surface area contributed by atoms with Gasteiger partial charge in [-0.3, -0.25) is 9.69 Å². The predicted molar refractivity (Wildman–Crippen MR) is 89.1 cm³/mol. The van der Waals surface area contributed by atoms with E-state index in [2.05, 4.69) is 5.32 Å². The maximum Gasteiger partial charge on any atom is 0.416 e. The van der Waals surface area contributed by atoms with Crippen molar-refractivity contribution >= 4 is 11.9 Å². The molecule has 136 valence electrons. The number of nitrogens with one attached hydrogen (secondary N) is 1. The third-order valence-corrected chi connectivity index (χ3v) is 4.58. The molecule has 1 N–H and O–H groups in total. The van der Waals surface area contributed by atoms with Gasteiger partial charge in [0, 0.05) is 0 Å². The molecule has 0 saturated carbocycles. The summed E-state index contributed by atoms with van der Waals surface area (Å²) in [5.74, 6) is -0.434. The molecule has 0 aromatic heterocycles. The number of urea groups is 1. The number of rotatable bonds is 3. The molecule has 3 rings (SSSR count). The maximum absolute atomic E-state index is 12.9. The summed E-state index contributed by atoms with van der Waals surface area (Å²) in [6.45, 7) is 3.38. The van der Waals surface area contributed by atoms with Crippen LogP contribution < -0.4 is 5.32 Å². The third kappa shape index (κ3) is 3.05. The van der Waals surface area contributed by atoms with Crippen molar-refractivity contribution in [2.24, 2.45) is 0 Å². The molecule has 1 unspecified atom stereocenters. The van der Waals surface area contributed by atoms with Gasteiger partial charge in [-0.05, 0) is 42.7 Å². The summed E-state index contributed by atoms with van der Waals surface area (Å²) >= 11 is 0. The Morgan fingerprint density at radius 1 is 1.04 bits per heavy atom. The number of carbonyl (C=O) groups is 2. The molecule has 0 radical (unpaired) electrons. The van der Waals surface area contributed by atoms with Gasteiger partial charge in [-0.15, -0.1) is 0 Å². The number of amides is 3. The number of aryl methyl sites for hydroxylation is 1. The van der Waals surface area contributed by atoms with Crippen LogP contribution in [0, 0.1) is 6.92 Å². The lowest BCUT2D eigenvalue weighted by Crippen LogP contribution is -2.41. The van der Waals surface area contributed by atoms with Crippen LogP contribution in [0.15, 0.2) is 48.5 Å². The minimum atomic E-state index is -4.43. The number of imide groups is 1. The van der Waals surface area contributed by atoms with Gasteiger partial charge in [0.05, 0.1) is 12.1 Å². The lowest BCUT2D eigenvalue weighted by atomic mass is 9.88. The van der Waals surface area contributed by atoms with Crippen LogP contribution in [0.4, 0.5) is 18.0 Å². The second-order valence-electron chi connectivity index (χ2n) is 6.46. The quantitative estimate of drug-likeness (QED) is 0.840. The topological polar surface area (TPSA) is 49.4 Å². The molecule has 1 fully saturated rings. The number of hydrogen-bond donors (Lipinski definition) is 1. The second-order valence-corrected chi connectivity index (χ2v) is 6.46. The molecule has 2 aromatic carbocycles. The van der Waals surface area contributed by atoms with Crippen molar-refractivity contribution < 1.29 is 22.8 Å². The molecule has 7 heteroatoms. The Morgan fingerprint density at radius 3 is 2.23 bits per heavy atom. The summed E-state index contributed by atoms with van der Waals surface area (Å²) in [5, 5.41) is 2.70. The van der Waals surface area contributed by atoms with Gasteiger partial charge in [0.15, 0.2) is 0 Å². The normalized spacial score (nSPS) is 20.4. The molecule has 1 heterocycles. The van der Waals surface area contributed by atoms with E-state index in [-0.39, 0.29) is 6.54 Å². The molecule has 0 aliphatic carbocycles. The zero-order chi connectivity index (χ0) is 19.1. The Bertz CT molecular complexity index is 862. The first-order valence-corrected chi connectivity index (χ1v) is 7.99. The Labute approximate surface area is 148 Å². The van der Waals surface area contributed by atoms with E-state index in [4.69, 9.17) is 0 Å². The zero-order valence-electron chi connectivity index (χ0n) is 14.2. The van der Waals surface area contributed by atoms with Gasteiger partial charge >= 0.3 is 12.2 Å². The lowest BCUT2D eigenvalue weighted by molar-refractivity contribution is -0.137. The van der Waals surface area contributed by atoms with Crippen molar-refractivity contribution in [1.29, 1.82) is 0 Å². The average Bonchev–Trinajstić information content (AvgIpc) is 2.79. The highest BCUT2D eigenvalue weighted by molar-refractivity contribution is 6.07. The smallest absolute Gasteiger partial charge is 0.319 e. The van der Waals surface area contributed by atoms with Crippen LogP contribution in [-0.4, -0.2) is 16.8 Å². The monoisotopic (exact) mass is 362 g/mol. The Morgan fingerprint density at radius 2 is 1.65 bits per heavy atom. The molecule has 0 bridgehead atoms. The second kappa shape index (κ2) is 6.16. The molecule has 3 amide bonds. The molecule has 2 aromatic rings. The highest BCUT2D eigenvalue weighted by Crippen LogP contribution is 2.32.